The molecular formula is C20H21N5O. The third kappa shape index (κ3) is 2.54. The van der Waals surface area contributed by atoms with Gasteiger partial charge in [0.2, 0.25) is 5.95 Å². The Bertz CT molecular complexity index is 1090. The van der Waals surface area contributed by atoms with E-state index in [9.17, 15) is 0 Å². The predicted octanol–water partition coefficient (Wildman–Crippen LogP) is 3.80. The van der Waals surface area contributed by atoms with E-state index >= 15 is 0 Å². The van der Waals surface area contributed by atoms with Crippen LogP contribution >= 0.6 is 0 Å². The molecule has 0 bridgehead atoms. The summed E-state index contributed by atoms with van der Waals surface area (Å²) in [7, 11) is 3.70. The van der Waals surface area contributed by atoms with Crippen LogP contribution < -0.4 is 9.64 Å². The Morgan fingerprint density at radius 2 is 1.85 bits per heavy atom. The van der Waals surface area contributed by atoms with Crippen LogP contribution in [-0.4, -0.2) is 39.8 Å². The Hall–Kier alpha value is -3.15. The van der Waals surface area contributed by atoms with E-state index in [0.717, 1.165) is 39.6 Å². The van der Waals surface area contributed by atoms with Gasteiger partial charge in [0.15, 0.2) is 11.5 Å². The molecule has 0 fully saturated rings. The molecule has 0 aliphatic carbocycles. The van der Waals surface area contributed by atoms with Crippen molar-refractivity contribution >= 4 is 22.5 Å². The van der Waals surface area contributed by atoms with E-state index in [1.807, 2.05) is 60.0 Å². The largest absolute Gasteiger partial charge is 0.497 e. The van der Waals surface area contributed by atoms with Crippen LogP contribution in [0.15, 0.2) is 48.5 Å². The van der Waals surface area contributed by atoms with E-state index in [4.69, 9.17) is 9.72 Å². The van der Waals surface area contributed by atoms with Gasteiger partial charge in [-0.2, -0.15) is 0 Å². The van der Waals surface area contributed by atoms with Crippen LogP contribution in [0.5, 0.6) is 5.75 Å². The highest BCUT2D eigenvalue weighted by molar-refractivity contribution is 5.93. The molecule has 0 radical (unpaired) electrons. The minimum Gasteiger partial charge on any atom is -0.497 e. The van der Waals surface area contributed by atoms with Gasteiger partial charge in [0.25, 0.3) is 0 Å². The topological polar surface area (TPSA) is 55.6 Å². The van der Waals surface area contributed by atoms with E-state index in [0.29, 0.717) is 0 Å². The minimum absolute atomic E-state index is 0.285. The molecule has 0 saturated carbocycles. The van der Waals surface area contributed by atoms with Gasteiger partial charge in [-0.1, -0.05) is 24.3 Å². The number of aromatic nitrogens is 4. The van der Waals surface area contributed by atoms with Crippen molar-refractivity contribution in [1.82, 2.24) is 19.6 Å². The van der Waals surface area contributed by atoms with Gasteiger partial charge in [0, 0.05) is 24.0 Å². The third-order valence-electron chi connectivity index (χ3n) is 4.65. The number of fused-ring (bicyclic) bond motifs is 3. The van der Waals surface area contributed by atoms with Crippen molar-refractivity contribution in [2.75, 3.05) is 19.1 Å². The van der Waals surface area contributed by atoms with Gasteiger partial charge in [-0.25, -0.2) is 9.38 Å². The molecule has 4 rings (SSSR count). The van der Waals surface area contributed by atoms with Crippen LogP contribution in [-0.2, 0) is 0 Å². The molecule has 0 amide bonds. The van der Waals surface area contributed by atoms with E-state index in [1.54, 1.807) is 7.11 Å². The van der Waals surface area contributed by atoms with E-state index in [2.05, 4.69) is 28.9 Å². The monoisotopic (exact) mass is 347 g/mol. The summed E-state index contributed by atoms with van der Waals surface area (Å²) < 4.78 is 7.39. The Labute approximate surface area is 152 Å². The lowest BCUT2D eigenvalue weighted by molar-refractivity contribution is 0.415. The molecule has 0 aliphatic rings. The third-order valence-corrected chi connectivity index (χ3v) is 4.65. The fourth-order valence-electron chi connectivity index (χ4n) is 2.98. The van der Waals surface area contributed by atoms with E-state index < -0.39 is 0 Å². The first-order valence-electron chi connectivity index (χ1n) is 8.61. The zero-order valence-electron chi connectivity index (χ0n) is 15.3. The van der Waals surface area contributed by atoms with Gasteiger partial charge in [-0.3, -0.25) is 0 Å². The van der Waals surface area contributed by atoms with Gasteiger partial charge in [-0.05, 0) is 38.1 Å². The summed E-state index contributed by atoms with van der Waals surface area (Å²) in [6, 6.07) is 16.1. The zero-order chi connectivity index (χ0) is 18.3. The molecule has 4 aromatic rings. The number of hydrogen-bond acceptors (Lipinski definition) is 5. The molecule has 6 nitrogen and oxygen atoms in total. The fraction of sp³-hybridized carbons (Fsp3) is 0.250. The quantitative estimate of drug-likeness (QED) is 0.562. The lowest BCUT2D eigenvalue weighted by atomic mass is 10.2. The first kappa shape index (κ1) is 16.3. The molecule has 26 heavy (non-hydrogen) atoms. The summed E-state index contributed by atoms with van der Waals surface area (Å²) in [6.07, 6.45) is 0. The Balaban J connectivity index is 2.07. The van der Waals surface area contributed by atoms with Gasteiger partial charge in [-0.15, -0.1) is 10.2 Å². The molecule has 2 heterocycles. The molecule has 2 aromatic carbocycles. The van der Waals surface area contributed by atoms with E-state index in [1.165, 1.54) is 0 Å². The summed E-state index contributed by atoms with van der Waals surface area (Å²) in [4.78, 5) is 7.03. The van der Waals surface area contributed by atoms with Gasteiger partial charge in [0.1, 0.15) is 5.75 Å². The smallest absolute Gasteiger partial charge is 0.213 e. The molecule has 132 valence electrons. The van der Waals surface area contributed by atoms with Crippen LogP contribution in [0.3, 0.4) is 0 Å². The van der Waals surface area contributed by atoms with Gasteiger partial charge in [0.05, 0.1) is 12.6 Å². The molecule has 0 N–H and O–H groups in total. The number of nitrogens with zero attached hydrogens (tertiary/aromatic N) is 5. The SMILES string of the molecule is COc1cccc(-c2nnc3c4ccccc4nc(N(C)C(C)C)n23)c1. The highest BCUT2D eigenvalue weighted by atomic mass is 16.5. The number of ether oxygens (including phenoxy) is 1. The maximum atomic E-state index is 5.37. The van der Waals surface area contributed by atoms with Crippen molar-refractivity contribution < 1.29 is 4.74 Å². The van der Waals surface area contributed by atoms with Crippen molar-refractivity contribution in [3.8, 4) is 17.1 Å². The molecule has 0 spiro atoms. The number of para-hydroxylation sites is 1. The molecule has 6 heteroatoms. The fourth-order valence-corrected chi connectivity index (χ4v) is 2.98. The number of anilines is 1. The van der Waals surface area contributed by atoms with Crippen LogP contribution in [0.2, 0.25) is 0 Å². The summed E-state index contributed by atoms with van der Waals surface area (Å²) in [6.45, 7) is 4.27. The highest BCUT2D eigenvalue weighted by Crippen LogP contribution is 2.29. The number of benzene rings is 2. The number of rotatable bonds is 4. The summed E-state index contributed by atoms with van der Waals surface area (Å²) >= 11 is 0. The van der Waals surface area contributed by atoms with Crippen molar-refractivity contribution in [3.05, 3.63) is 48.5 Å². The minimum atomic E-state index is 0.285. The summed E-state index contributed by atoms with van der Waals surface area (Å²) in [5.41, 5.74) is 2.65. The molecular weight excluding hydrogens is 326 g/mol. The van der Waals surface area contributed by atoms with Crippen LogP contribution in [0.4, 0.5) is 5.95 Å². The zero-order valence-corrected chi connectivity index (χ0v) is 15.3. The second kappa shape index (κ2) is 6.29. The Morgan fingerprint density at radius 3 is 2.62 bits per heavy atom. The first-order chi connectivity index (χ1) is 12.6. The van der Waals surface area contributed by atoms with Crippen LogP contribution in [0, 0.1) is 0 Å². The predicted molar refractivity (Wildman–Crippen MR) is 104 cm³/mol. The Morgan fingerprint density at radius 1 is 1.04 bits per heavy atom. The first-order valence-corrected chi connectivity index (χ1v) is 8.61. The molecule has 0 unspecified atom stereocenters. The molecule has 0 aliphatic heterocycles. The van der Waals surface area contributed by atoms with Crippen LogP contribution in [0.1, 0.15) is 13.8 Å². The average molecular weight is 347 g/mol. The summed E-state index contributed by atoms with van der Waals surface area (Å²) in [5, 5.41) is 9.95. The second-order valence-electron chi connectivity index (χ2n) is 6.55. The van der Waals surface area contributed by atoms with Crippen LogP contribution in [0.25, 0.3) is 27.9 Å². The van der Waals surface area contributed by atoms with Crippen molar-refractivity contribution in [1.29, 1.82) is 0 Å². The summed E-state index contributed by atoms with van der Waals surface area (Å²) in [5.74, 6) is 2.35. The average Bonchev–Trinajstić information content (AvgIpc) is 3.12. The van der Waals surface area contributed by atoms with E-state index in [-0.39, 0.29) is 6.04 Å². The standard InChI is InChI=1S/C20H21N5O/c1-13(2)24(3)20-21-17-11-6-5-10-16(17)19-23-22-18(25(19)20)14-8-7-9-15(12-14)26-4/h5-13H,1-4H3. The number of hydrogen-bond donors (Lipinski definition) is 0. The van der Waals surface area contributed by atoms with Crippen molar-refractivity contribution in [2.45, 2.75) is 19.9 Å². The van der Waals surface area contributed by atoms with Gasteiger partial charge >= 0.3 is 0 Å². The molecule has 2 aromatic heterocycles. The molecule has 0 saturated heterocycles. The van der Waals surface area contributed by atoms with Gasteiger partial charge < -0.3 is 9.64 Å². The maximum absolute atomic E-state index is 5.37. The maximum Gasteiger partial charge on any atom is 0.213 e. The normalized spacial score (nSPS) is 11.4. The van der Waals surface area contributed by atoms with Crippen molar-refractivity contribution in [3.63, 3.8) is 0 Å². The number of methoxy groups -OCH3 is 1. The van der Waals surface area contributed by atoms with Crippen molar-refractivity contribution in [2.24, 2.45) is 0 Å². The molecule has 0 atom stereocenters. The second-order valence-corrected chi connectivity index (χ2v) is 6.55. The Kier molecular flexibility index (Phi) is 3.95. The lowest BCUT2D eigenvalue weighted by Gasteiger charge is -2.24. The lowest BCUT2D eigenvalue weighted by Crippen LogP contribution is -2.28. The highest BCUT2D eigenvalue weighted by Gasteiger charge is 2.20.